The Morgan fingerprint density at radius 2 is 1.76 bits per heavy atom. The molecule has 2 aromatic carbocycles. The highest BCUT2D eigenvalue weighted by molar-refractivity contribution is 6.30. The van der Waals surface area contributed by atoms with Gasteiger partial charge in [0.15, 0.2) is 0 Å². The Labute approximate surface area is 201 Å². The number of nitrogens with zero attached hydrogens (tertiary/aromatic N) is 3. The second-order valence-electron chi connectivity index (χ2n) is 9.81. The summed E-state index contributed by atoms with van der Waals surface area (Å²) in [7, 11) is 0. The number of amides is 1. The second-order valence-corrected chi connectivity index (χ2v) is 10.2. The summed E-state index contributed by atoms with van der Waals surface area (Å²) in [5.74, 6) is 0.635. The Morgan fingerprint density at radius 1 is 1.09 bits per heavy atom. The first-order valence-electron chi connectivity index (χ1n) is 11.7. The van der Waals surface area contributed by atoms with Gasteiger partial charge in [0.05, 0.1) is 22.6 Å². The van der Waals surface area contributed by atoms with Crippen molar-refractivity contribution in [2.45, 2.75) is 66.3 Å². The van der Waals surface area contributed by atoms with Crippen molar-refractivity contribution in [3.63, 3.8) is 0 Å². The quantitative estimate of drug-likeness (QED) is 0.353. The highest BCUT2D eigenvalue weighted by atomic mass is 35.5. The molecule has 0 aliphatic heterocycles. The molecule has 0 radical (unpaired) electrons. The van der Waals surface area contributed by atoms with Crippen LogP contribution in [0.2, 0.25) is 5.02 Å². The molecule has 0 aliphatic rings. The van der Waals surface area contributed by atoms with Gasteiger partial charge in [0, 0.05) is 18.0 Å². The van der Waals surface area contributed by atoms with Gasteiger partial charge in [-0.15, -0.1) is 0 Å². The molecule has 1 atom stereocenters. The van der Waals surface area contributed by atoms with Crippen molar-refractivity contribution in [2.24, 2.45) is 5.41 Å². The molecule has 0 saturated heterocycles. The molecule has 1 amide bonds. The van der Waals surface area contributed by atoms with Crippen molar-refractivity contribution in [1.29, 1.82) is 0 Å². The van der Waals surface area contributed by atoms with Crippen molar-refractivity contribution in [3.05, 3.63) is 69.7 Å². The average molecular weight is 468 g/mol. The summed E-state index contributed by atoms with van der Waals surface area (Å²) >= 11 is 6.10. The van der Waals surface area contributed by atoms with E-state index in [0.717, 1.165) is 19.3 Å². The van der Waals surface area contributed by atoms with Gasteiger partial charge in [-0.2, -0.15) is 0 Å². The van der Waals surface area contributed by atoms with Crippen LogP contribution in [0.15, 0.2) is 53.3 Å². The molecule has 0 aliphatic carbocycles. The highest BCUT2D eigenvalue weighted by Gasteiger charge is 2.29. The Bertz CT molecular complexity index is 1160. The van der Waals surface area contributed by atoms with Crippen LogP contribution in [-0.4, -0.2) is 26.9 Å². The molecule has 0 bridgehead atoms. The Balaban J connectivity index is 2.17. The maximum absolute atomic E-state index is 13.6. The monoisotopic (exact) mass is 467 g/mol. The van der Waals surface area contributed by atoms with Crippen LogP contribution in [0, 0.1) is 5.41 Å². The van der Waals surface area contributed by atoms with E-state index < -0.39 is 0 Å². The Kier molecular flexibility index (Phi) is 7.96. The molecule has 6 heteroatoms. The molecule has 0 saturated carbocycles. The van der Waals surface area contributed by atoms with Crippen molar-refractivity contribution < 1.29 is 4.79 Å². The van der Waals surface area contributed by atoms with E-state index in [2.05, 4.69) is 27.7 Å². The molecule has 1 unspecified atom stereocenters. The van der Waals surface area contributed by atoms with Crippen LogP contribution in [0.25, 0.3) is 16.6 Å². The van der Waals surface area contributed by atoms with Crippen LogP contribution in [0.3, 0.4) is 0 Å². The molecule has 0 spiro atoms. The molecule has 3 rings (SSSR count). The summed E-state index contributed by atoms with van der Waals surface area (Å²) < 4.78 is 1.63. The van der Waals surface area contributed by atoms with E-state index >= 15 is 0 Å². The van der Waals surface area contributed by atoms with Crippen LogP contribution in [0.4, 0.5) is 0 Å². The number of hydrogen-bond donors (Lipinski definition) is 0. The zero-order valence-corrected chi connectivity index (χ0v) is 21.0. The number of carbonyl (C=O) groups excluding carboxylic acids is 1. The largest absolute Gasteiger partial charge is 0.333 e. The zero-order chi connectivity index (χ0) is 24.2. The first-order valence-corrected chi connectivity index (χ1v) is 12.1. The predicted octanol–water partition coefficient (Wildman–Crippen LogP) is 6.56. The highest BCUT2D eigenvalue weighted by Crippen LogP contribution is 2.27. The normalized spacial score (nSPS) is 12.7. The van der Waals surface area contributed by atoms with Crippen molar-refractivity contribution in [3.8, 4) is 5.69 Å². The third-order valence-corrected chi connectivity index (χ3v) is 5.98. The van der Waals surface area contributed by atoms with Crippen molar-refractivity contribution in [1.82, 2.24) is 14.5 Å². The Hall–Kier alpha value is -2.66. The third-order valence-electron chi connectivity index (χ3n) is 5.73. The number of benzene rings is 2. The Morgan fingerprint density at radius 3 is 2.39 bits per heavy atom. The minimum absolute atomic E-state index is 0.0798. The molecule has 1 aromatic heterocycles. The number of hydrogen-bond acceptors (Lipinski definition) is 3. The van der Waals surface area contributed by atoms with Gasteiger partial charge in [-0.1, -0.05) is 64.3 Å². The smallest absolute Gasteiger partial charge is 0.266 e. The molecule has 0 fully saturated rings. The number of carbonyl (C=O) groups is 1. The molecule has 3 aromatic rings. The summed E-state index contributed by atoms with van der Waals surface area (Å²) in [6.07, 6.45) is 3.46. The molecular weight excluding hydrogens is 434 g/mol. The topological polar surface area (TPSA) is 55.2 Å². The van der Waals surface area contributed by atoms with E-state index in [-0.39, 0.29) is 22.9 Å². The number of para-hydroxylation sites is 1. The predicted molar refractivity (Wildman–Crippen MR) is 136 cm³/mol. The lowest BCUT2D eigenvalue weighted by Crippen LogP contribution is -2.39. The number of halogens is 1. The van der Waals surface area contributed by atoms with Gasteiger partial charge in [-0.25, -0.2) is 4.98 Å². The fourth-order valence-electron chi connectivity index (χ4n) is 4.03. The van der Waals surface area contributed by atoms with E-state index in [1.807, 2.05) is 42.2 Å². The van der Waals surface area contributed by atoms with Gasteiger partial charge in [-0.3, -0.25) is 14.2 Å². The van der Waals surface area contributed by atoms with Gasteiger partial charge < -0.3 is 4.90 Å². The standard InChI is InChI=1S/C27H34ClN3O2/c1-6-7-10-17-30(24(32)18-27(3,4)5)19(2)25-29-23-12-9-8-11-22(23)26(33)31(25)21-15-13-20(28)14-16-21/h8-9,11-16,19H,6-7,10,17-18H2,1-5H3. The first-order chi connectivity index (χ1) is 15.6. The first kappa shape index (κ1) is 25.0. The minimum Gasteiger partial charge on any atom is -0.333 e. The van der Waals surface area contributed by atoms with Crippen LogP contribution in [-0.2, 0) is 4.79 Å². The fourth-order valence-corrected chi connectivity index (χ4v) is 4.16. The van der Waals surface area contributed by atoms with Gasteiger partial charge in [-0.05, 0) is 55.2 Å². The molecular formula is C27H34ClN3O2. The third kappa shape index (κ3) is 6.02. The van der Waals surface area contributed by atoms with Gasteiger partial charge >= 0.3 is 0 Å². The van der Waals surface area contributed by atoms with Crippen LogP contribution < -0.4 is 5.56 Å². The number of unbranched alkanes of at least 4 members (excludes halogenated alkanes) is 2. The van der Waals surface area contributed by atoms with Crippen LogP contribution in [0.1, 0.15) is 72.2 Å². The summed E-state index contributed by atoms with van der Waals surface area (Å²) in [5, 5.41) is 1.14. The van der Waals surface area contributed by atoms with E-state index in [1.54, 1.807) is 22.8 Å². The summed E-state index contributed by atoms with van der Waals surface area (Å²) in [6.45, 7) is 10.9. The van der Waals surface area contributed by atoms with E-state index in [0.29, 0.717) is 40.4 Å². The zero-order valence-electron chi connectivity index (χ0n) is 20.3. The lowest BCUT2D eigenvalue weighted by Gasteiger charge is -2.32. The second kappa shape index (κ2) is 10.5. The summed E-state index contributed by atoms with van der Waals surface area (Å²) in [5.41, 5.74) is 1.03. The summed E-state index contributed by atoms with van der Waals surface area (Å²) in [6, 6.07) is 14.1. The molecule has 1 heterocycles. The van der Waals surface area contributed by atoms with E-state index in [9.17, 15) is 9.59 Å². The van der Waals surface area contributed by atoms with Crippen LogP contribution >= 0.6 is 11.6 Å². The van der Waals surface area contributed by atoms with E-state index in [4.69, 9.17) is 16.6 Å². The van der Waals surface area contributed by atoms with Gasteiger partial charge in [0.25, 0.3) is 5.56 Å². The molecule has 5 nitrogen and oxygen atoms in total. The lowest BCUT2D eigenvalue weighted by atomic mass is 9.91. The van der Waals surface area contributed by atoms with Crippen molar-refractivity contribution in [2.75, 3.05) is 6.54 Å². The molecule has 176 valence electrons. The van der Waals surface area contributed by atoms with E-state index in [1.165, 1.54) is 0 Å². The maximum atomic E-state index is 13.6. The van der Waals surface area contributed by atoms with Gasteiger partial charge in [0.2, 0.25) is 5.91 Å². The maximum Gasteiger partial charge on any atom is 0.266 e. The number of rotatable bonds is 8. The SMILES string of the molecule is CCCCCN(C(=O)CC(C)(C)C)C(C)c1nc2ccccc2c(=O)n1-c1ccc(Cl)cc1. The number of aromatic nitrogens is 2. The lowest BCUT2D eigenvalue weighted by molar-refractivity contribution is -0.135. The fraction of sp³-hybridized carbons (Fsp3) is 0.444. The minimum atomic E-state index is -0.371. The average Bonchev–Trinajstić information content (AvgIpc) is 2.76. The van der Waals surface area contributed by atoms with Crippen LogP contribution in [0.5, 0.6) is 0 Å². The summed E-state index contributed by atoms with van der Waals surface area (Å²) in [4.78, 5) is 33.8. The molecule has 0 N–H and O–H groups in total. The van der Waals surface area contributed by atoms with Gasteiger partial charge in [0.1, 0.15) is 5.82 Å². The molecule has 33 heavy (non-hydrogen) atoms. The number of fused-ring (bicyclic) bond motifs is 1. The van der Waals surface area contributed by atoms with Crippen molar-refractivity contribution >= 4 is 28.4 Å².